The first-order valence-corrected chi connectivity index (χ1v) is 8.88. The molecular formula is C21H25NO4. The Bertz CT molecular complexity index is 803. The van der Waals surface area contributed by atoms with E-state index >= 15 is 0 Å². The molecule has 1 aliphatic rings. The zero-order valence-corrected chi connectivity index (χ0v) is 15.7. The average Bonchev–Trinajstić information content (AvgIpc) is 2.64. The Hall–Kier alpha value is -2.69. The maximum absolute atomic E-state index is 12.5. The number of benzene rings is 2. The highest BCUT2D eigenvalue weighted by Gasteiger charge is 2.20. The third kappa shape index (κ3) is 3.93. The molecule has 0 saturated heterocycles. The summed E-state index contributed by atoms with van der Waals surface area (Å²) in [5, 5.41) is 3.00. The lowest BCUT2D eigenvalue weighted by Gasteiger charge is -2.22. The molecule has 0 unspecified atom stereocenters. The average molecular weight is 355 g/mol. The Morgan fingerprint density at radius 2 is 1.81 bits per heavy atom. The fraction of sp³-hybridized carbons (Fsp3) is 0.381. The van der Waals surface area contributed by atoms with Crippen LogP contribution in [0.4, 0.5) is 0 Å². The van der Waals surface area contributed by atoms with Crippen LogP contribution in [0.3, 0.4) is 0 Å². The molecule has 0 bridgehead atoms. The van der Waals surface area contributed by atoms with Crippen LogP contribution in [-0.4, -0.2) is 25.2 Å². The van der Waals surface area contributed by atoms with Crippen LogP contribution in [0.5, 0.6) is 17.2 Å². The van der Waals surface area contributed by atoms with E-state index in [-0.39, 0.29) is 11.9 Å². The molecule has 138 valence electrons. The van der Waals surface area contributed by atoms with Gasteiger partial charge < -0.3 is 19.5 Å². The molecule has 0 spiro atoms. The molecule has 2 aromatic carbocycles. The van der Waals surface area contributed by atoms with Crippen LogP contribution in [-0.2, 0) is 4.79 Å². The van der Waals surface area contributed by atoms with E-state index in [0.29, 0.717) is 13.2 Å². The molecule has 0 aliphatic carbocycles. The van der Waals surface area contributed by atoms with Crippen molar-refractivity contribution in [1.82, 2.24) is 5.32 Å². The number of carbonyl (C=O) groups is 1. The Morgan fingerprint density at radius 3 is 2.58 bits per heavy atom. The zero-order chi connectivity index (χ0) is 18.7. The molecule has 3 rings (SSSR count). The molecule has 0 saturated carbocycles. The second kappa shape index (κ2) is 7.68. The van der Waals surface area contributed by atoms with E-state index in [2.05, 4.69) is 5.32 Å². The van der Waals surface area contributed by atoms with Crippen molar-refractivity contribution < 1.29 is 19.0 Å². The van der Waals surface area contributed by atoms with E-state index in [1.54, 1.807) is 6.92 Å². The molecule has 1 N–H and O–H groups in total. The number of amides is 1. The lowest BCUT2D eigenvalue weighted by Crippen LogP contribution is -2.37. The minimum atomic E-state index is -0.588. The monoisotopic (exact) mass is 355 g/mol. The maximum atomic E-state index is 12.5. The highest BCUT2D eigenvalue weighted by Crippen LogP contribution is 2.32. The van der Waals surface area contributed by atoms with Gasteiger partial charge in [0, 0.05) is 0 Å². The van der Waals surface area contributed by atoms with Crippen LogP contribution in [0, 0.1) is 13.8 Å². The van der Waals surface area contributed by atoms with Crippen LogP contribution < -0.4 is 19.5 Å². The Labute approximate surface area is 154 Å². The van der Waals surface area contributed by atoms with E-state index in [4.69, 9.17) is 14.2 Å². The summed E-state index contributed by atoms with van der Waals surface area (Å²) in [7, 11) is 0. The molecule has 2 aromatic rings. The topological polar surface area (TPSA) is 56.8 Å². The number of hydrogen-bond acceptors (Lipinski definition) is 4. The fourth-order valence-electron chi connectivity index (χ4n) is 2.84. The van der Waals surface area contributed by atoms with Crippen LogP contribution in [0.15, 0.2) is 36.4 Å². The molecule has 5 nitrogen and oxygen atoms in total. The molecule has 1 amide bonds. The smallest absolute Gasteiger partial charge is 0.261 e. The minimum absolute atomic E-state index is 0.159. The summed E-state index contributed by atoms with van der Waals surface area (Å²) < 4.78 is 17.0. The molecule has 1 heterocycles. The molecule has 2 atom stereocenters. The van der Waals surface area contributed by atoms with Gasteiger partial charge in [-0.25, -0.2) is 0 Å². The van der Waals surface area contributed by atoms with Gasteiger partial charge >= 0.3 is 0 Å². The number of rotatable bonds is 5. The van der Waals surface area contributed by atoms with Gasteiger partial charge in [0.1, 0.15) is 19.0 Å². The fourth-order valence-corrected chi connectivity index (χ4v) is 2.84. The zero-order valence-electron chi connectivity index (χ0n) is 15.7. The summed E-state index contributed by atoms with van der Waals surface area (Å²) >= 11 is 0. The summed E-state index contributed by atoms with van der Waals surface area (Å²) in [5.41, 5.74) is 3.15. The molecule has 5 heteroatoms. The van der Waals surface area contributed by atoms with Crippen molar-refractivity contribution in [2.24, 2.45) is 0 Å². The van der Waals surface area contributed by atoms with Gasteiger partial charge in [0.2, 0.25) is 0 Å². The molecule has 26 heavy (non-hydrogen) atoms. The SMILES string of the molecule is Cc1cccc(O[C@@H](C)C(=O)N[C@H](C)c2ccc3c(c2)OCCO3)c1C. The summed E-state index contributed by atoms with van der Waals surface area (Å²) in [4.78, 5) is 12.5. The van der Waals surface area contributed by atoms with Crippen molar-refractivity contribution >= 4 is 5.91 Å². The van der Waals surface area contributed by atoms with Gasteiger partial charge in [-0.15, -0.1) is 0 Å². The lowest BCUT2D eigenvalue weighted by atomic mass is 10.1. The first-order valence-electron chi connectivity index (χ1n) is 8.88. The van der Waals surface area contributed by atoms with Gasteiger partial charge in [0.05, 0.1) is 6.04 Å². The first-order chi connectivity index (χ1) is 12.5. The van der Waals surface area contributed by atoms with E-state index in [1.807, 2.05) is 57.2 Å². The summed E-state index contributed by atoms with van der Waals surface area (Å²) in [6.45, 7) is 8.81. The number of hydrogen-bond donors (Lipinski definition) is 1. The van der Waals surface area contributed by atoms with Crippen molar-refractivity contribution in [1.29, 1.82) is 0 Å². The van der Waals surface area contributed by atoms with Gasteiger partial charge in [-0.2, -0.15) is 0 Å². The minimum Gasteiger partial charge on any atom is -0.486 e. The van der Waals surface area contributed by atoms with Crippen molar-refractivity contribution in [3.63, 3.8) is 0 Å². The van der Waals surface area contributed by atoms with E-state index in [9.17, 15) is 4.79 Å². The highest BCUT2D eigenvalue weighted by atomic mass is 16.6. The first kappa shape index (κ1) is 18.1. The van der Waals surface area contributed by atoms with Gasteiger partial charge in [-0.3, -0.25) is 4.79 Å². The maximum Gasteiger partial charge on any atom is 0.261 e. The third-order valence-electron chi connectivity index (χ3n) is 4.65. The van der Waals surface area contributed by atoms with Crippen LogP contribution in [0.1, 0.15) is 36.6 Å². The number of carbonyl (C=O) groups excluding carboxylic acids is 1. The predicted octanol–water partition coefficient (Wildman–Crippen LogP) is 3.72. The van der Waals surface area contributed by atoms with Gasteiger partial charge in [0.25, 0.3) is 5.91 Å². The van der Waals surface area contributed by atoms with Crippen LogP contribution in [0.2, 0.25) is 0 Å². The van der Waals surface area contributed by atoms with E-state index < -0.39 is 6.10 Å². The largest absolute Gasteiger partial charge is 0.486 e. The van der Waals surface area contributed by atoms with Crippen molar-refractivity contribution in [3.05, 3.63) is 53.1 Å². The number of aryl methyl sites for hydroxylation is 1. The predicted molar refractivity (Wildman–Crippen MR) is 100.0 cm³/mol. The molecule has 0 aromatic heterocycles. The second-order valence-corrected chi connectivity index (χ2v) is 6.59. The number of fused-ring (bicyclic) bond motifs is 1. The molecular weight excluding hydrogens is 330 g/mol. The highest BCUT2D eigenvalue weighted by molar-refractivity contribution is 5.81. The van der Waals surface area contributed by atoms with E-state index in [1.165, 1.54) is 0 Å². The molecule has 0 fully saturated rings. The summed E-state index contributed by atoms with van der Waals surface area (Å²) in [5.74, 6) is 2.03. The van der Waals surface area contributed by atoms with Crippen LogP contribution >= 0.6 is 0 Å². The third-order valence-corrected chi connectivity index (χ3v) is 4.65. The summed E-state index contributed by atoms with van der Waals surface area (Å²) in [6.07, 6.45) is -0.588. The Balaban J connectivity index is 1.64. The van der Waals surface area contributed by atoms with Crippen molar-refractivity contribution in [2.45, 2.75) is 39.8 Å². The van der Waals surface area contributed by atoms with Gasteiger partial charge in [0.15, 0.2) is 17.6 Å². The van der Waals surface area contributed by atoms with Crippen molar-refractivity contribution in [3.8, 4) is 17.2 Å². The Morgan fingerprint density at radius 1 is 1.08 bits per heavy atom. The summed E-state index contributed by atoms with van der Waals surface area (Å²) in [6, 6.07) is 11.4. The van der Waals surface area contributed by atoms with Gasteiger partial charge in [-0.1, -0.05) is 18.2 Å². The standard InChI is InChI=1S/C21H25NO4/c1-13-6-5-7-18(14(13)2)26-16(4)21(23)22-15(3)17-8-9-19-20(12-17)25-11-10-24-19/h5-9,12,15-16H,10-11H2,1-4H3,(H,22,23)/t15-,16+/m1/s1. The second-order valence-electron chi connectivity index (χ2n) is 6.59. The van der Waals surface area contributed by atoms with Gasteiger partial charge in [-0.05, 0) is 62.6 Å². The Kier molecular flexibility index (Phi) is 5.35. The lowest BCUT2D eigenvalue weighted by molar-refractivity contribution is -0.127. The quantitative estimate of drug-likeness (QED) is 0.888. The van der Waals surface area contributed by atoms with Crippen LogP contribution in [0.25, 0.3) is 0 Å². The number of ether oxygens (including phenoxy) is 3. The number of nitrogens with one attached hydrogen (secondary N) is 1. The van der Waals surface area contributed by atoms with Crippen molar-refractivity contribution in [2.75, 3.05) is 13.2 Å². The molecule has 1 aliphatic heterocycles. The normalized spacial score (nSPS) is 15.1. The molecule has 0 radical (unpaired) electrons. The van der Waals surface area contributed by atoms with E-state index in [0.717, 1.165) is 33.9 Å².